The van der Waals surface area contributed by atoms with Crippen LogP contribution in [0.3, 0.4) is 0 Å². The number of benzene rings is 2. The van der Waals surface area contributed by atoms with E-state index in [9.17, 15) is 24.8 Å². The molecule has 0 saturated carbocycles. The van der Waals surface area contributed by atoms with Gasteiger partial charge in [-0.3, -0.25) is 9.59 Å². The molecule has 11 nitrogen and oxygen atoms in total. The third-order valence-electron chi connectivity index (χ3n) is 9.70. The largest absolute Gasteiger partial charge is 0.595 e. The van der Waals surface area contributed by atoms with Gasteiger partial charge in [0.05, 0.1) is 5.39 Å². The summed E-state index contributed by atoms with van der Waals surface area (Å²) in [6.45, 7) is 6.90. The maximum atomic E-state index is 13.6. The van der Waals surface area contributed by atoms with Gasteiger partial charge in [0.15, 0.2) is 6.61 Å². The van der Waals surface area contributed by atoms with Gasteiger partial charge in [-0.15, -0.1) is 0 Å². The summed E-state index contributed by atoms with van der Waals surface area (Å²) in [4.78, 5) is 41.6. The van der Waals surface area contributed by atoms with Crippen LogP contribution in [-0.4, -0.2) is 45.9 Å². The zero-order valence-corrected chi connectivity index (χ0v) is 26.1. The molecule has 2 aromatic carbocycles. The summed E-state index contributed by atoms with van der Waals surface area (Å²) >= 11 is 0. The highest BCUT2D eigenvalue weighted by Crippen LogP contribution is 2.43. The Morgan fingerprint density at radius 3 is 2.67 bits per heavy atom. The van der Waals surface area contributed by atoms with Crippen LogP contribution < -0.4 is 25.9 Å². The molecule has 3 aliphatic heterocycles. The van der Waals surface area contributed by atoms with E-state index in [1.165, 1.54) is 6.07 Å². The highest BCUT2D eigenvalue weighted by molar-refractivity contribution is 5.92. The van der Waals surface area contributed by atoms with Crippen LogP contribution in [0.5, 0.6) is 11.5 Å². The molecule has 4 aromatic rings. The van der Waals surface area contributed by atoms with Crippen molar-refractivity contribution in [3.05, 3.63) is 102 Å². The lowest BCUT2D eigenvalue weighted by atomic mass is 9.83. The molecule has 1 amide bonds. The van der Waals surface area contributed by atoms with E-state index < -0.39 is 22.0 Å². The average molecular weight is 628 g/mol. The molecule has 240 valence electrons. The summed E-state index contributed by atoms with van der Waals surface area (Å²) in [5, 5.41) is 20.3. The summed E-state index contributed by atoms with van der Waals surface area (Å²) in [6.07, 6.45) is 2.65. The fourth-order valence-electron chi connectivity index (χ4n) is 7.34. The number of fused-ring (bicyclic) bond motifs is 7. The second kappa shape index (κ2) is 11.4. The maximum Gasteiger partial charge on any atom is 0.340 e. The molecule has 7 rings (SSSR count). The lowest BCUT2D eigenvalue weighted by molar-refractivity contribution is -0.992. The minimum atomic E-state index is -1.24. The van der Waals surface area contributed by atoms with E-state index in [0.717, 1.165) is 35.2 Å². The van der Waals surface area contributed by atoms with Gasteiger partial charge in [0, 0.05) is 60.9 Å². The molecule has 0 radical (unpaired) electrons. The van der Waals surface area contributed by atoms with Gasteiger partial charge in [-0.25, -0.2) is 10.0 Å². The van der Waals surface area contributed by atoms with Gasteiger partial charge < -0.3 is 28.6 Å². The molecule has 1 fully saturated rings. The number of amides is 1. The van der Waals surface area contributed by atoms with Crippen molar-refractivity contribution >= 4 is 22.6 Å². The molecule has 3 aliphatic rings. The predicted molar refractivity (Wildman–Crippen MR) is 169 cm³/mol. The normalized spacial score (nSPS) is 20.4. The Bertz CT molecular complexity index is 1960. The molecule has 2 N–H and O–H groups in total. The predicted octanol–water partition coefficient (Wildman–Crippen LogP) is 3.39. The van der Waals surface area contributed by atoms with Crippen LogP contribution in [0.2, 0.25) is 0 Å². The molecule has 0 spiro atoms. The second-order valence-corrected chi connectivity index (χ2v) is 13.4. The summed E-state index contributed by atoms with van der Waals surface area (Å²) in [5.41, 5.74) is 2.73. The van der Waals surface area contributed by atoms with E-state index in [1.54, 1.807) is 15.5 Å². The molecule has 46 heavy (non-hydrogen) atoms. The first-order valence-corrected chi connectivity index (χ1v) is 15.7. The smallest absolute Gasteiger partial charge is 0.340 e. The van der Waals surface area contributed by atoms with Crippen LogP contribution in [0.1, 0.15) is 60.6 Å². The Morgan fingerprint density at radius 1 is 1.13 bits per heavy atom. The Kier molecular flexibility index (Phi) is 7.50. The Morgan fingerprint density at radius 2 is 1.91 bits per heavy atom. The van der Waals surface area contributed by atoms with Crippen LogP contribution in [0.4, 0.5) is 5.69 Å². The molecule has 5 heterocycles. The summed E-state index contributed by atoms with van der Waals surface area (Å²) in [6, 6.07) is 14.6. The monoisotopic (exact) mass is 627 g/mol. The zero-order chi connectivity index (χ0) is 32.3. The fourth-order valence-corrected chi connectivity index (χ4v) is 7.34. The van der Waals surface area contributed by atoms with Gasteiger partial charge in [-0.1, -0.05) is 30.3 Å². The number of nitrogens with zero attached hydrogens (tertiary/aromatic N) is 2. The van der Waals surface area contributed by atoms with Gasteiger partial charge >= 0.3 is 11.2 Å². The minimum absolute atomic E-state index is 0.0224. The number of ether oxygens (including phenoxy) is 2. The standard InChI is InChI=1S/C35H37N3O8/c1-20-25(14-21-7-5-4-6-8-21)34(41)45-32-24-11-12-35(2,3)46-28(24)15-29(31(20)32)44-19-30(39)36-16-22-13-23(18-36)26-9-10-27(38(42)43)33(40)37(26)17-22/h4-10,15,22-23,38,42H,11-14,16-19H2,1-3H3/t22-,23+/m0/s1. The van der Waals surface area contributed by atoms with Gasteiger partial charge in [0.2, 0.25) is 5.69 Å². The quantitative estimate of drug-likeness (QED) is 0.245. The summed E-state index contributed by atoms with van der Waals surface area (Å²) in [5.74, 6) is 0.753. The number of aryl methyl sites for hydroxylation is 2. The van der Waals surface area contributed by atoms with Crippen molar-refractivity contribution in [1.82, 2.24) is 9.47 Å². The number of rotatable bonds is 6. The SMILES string of the molecule is Cc1c(Cc2ccccc2)c(=O)oc2c3c(cc(OCC(=O)N4C[C@@H]5C[C@H](C4)c4ccc([NH+]([O-])O)c(=O)n4C5)c12)OC(C)(C)CC3. The summed E-state index contributed by atoms with van der Waals surface area (Å²) < 4.78 is 20.2. The first kappa shape index (κ1) is 30.2. The van der Waals surface area contributed by atoms with Crippen LogP contribution in [0.15, 0.2) is 62.5 Å². The van der Waals surface area contributed by atoms with Crippen LogP contribution in [-0.2, 0) is 24.2 Å². The maximum absolute atomic E-state index is 13.6. The molecule has 2 aromatic heterocycles. The van der Waals surface area contributed by atoms with Crippen LogP contribution in [0.25, 0.3) is 11.0 Å². The number of aromatic nitrogens is 1. The topological polar surface area (TPSA) is 139 Å². The number of quaternary nitrogens is 1. The number of likely N-dealkylation sites (tertiary alicyclic amines) is 1. The van der Waals surface area contributed by atoms with E-state index in [4.69, 9.17) is 13.9 Å². The van der Waals surface area contributed by atoms with Gasteiger partial charge in [0.25, 0.3) is 5.91 Å². The average Bonchev–Trinajstić information content (AvgIpc) is 3.01. The number of carbonyl (C=O) groups is 1. The third kappa shape index (κ3) is 5.38. The fraction of sp³-hybridized carbons (Fsp3) is 0.400. The highest BCUT2D eigenvalue weighted by Gasteiger charge is 2.38. The molecular weight excluding hydrogens is 590 g/mol. The van der Waals surface area contributed by atoms with E-state index in [0.29, 0.717) is 60.5 Å². The molecule has 1 saturated heterocycles. The van der Waals surface area contributed by atoms with Crippen molar-refractivity contribution in [2.24, 2.45) is 5.92 Å². The van der Waals surface area contributed by atoms with Gasteiger partial charge in [-0.2, -0.15) is 5.23 Å². The molecule has 3 atom stereocenters. The van der Waals surface area contributed by atoms with E-state index in [1.807, 2.05) is 57.2 Å². The summed E-state index contributed by atoms with van der Waals surface area (Å²) in [7, 11) is 0. The van der Waals surface area contributed by atoms with Crippen LogP contribution >= 0.6 is 0 Å². The van der Waals surface area contributed by atoms with E-state index in [-0.39, 0.29) is 30.0 Å². The number of carbonyl (C=O) groups excluding carboxylic acids is 1. The number of hydrogen-bond donors (Lipinski definition) is 2. The Balaban J connectivity index is 1.19. The van der Waals surface area contributed by atoms with E-state index >= 15 is 0 Å². The molecule has 11 heteroatoms. The van der Waals surface area contributed by atoms with E-state index in [2.05, 4.69) is 0 Å². The lowest BCUT2D eigenvalue weighted by Gasteiger charge is -2.42. The van der Waals surface area contributed by atoms with Crippen molar-refractivity contribution in [1.29, 1.82) is 0 Å². The zero-order valence-electron chi connectivity index (χ0n) is 26.1. The first-order valence-electron chi connectivity index (χ1n) is 15.7. The van der Waals surface area contributed by atoms with Gasteiger partial charge in [0.1, 0.15) is 22.7 Å². The molecular formula is C35H37N3O8. The highest BCUT2D eigenvalue weighted by atomic mass is 16.8. The molecule has 0 aliphatic carbocycles. The molecule has 2 bridgehead atoms. The molecule has 1 unspecified atom stereocenters. The van der Waals surface area contributed by atoms with Crippen LogP contribution in [0, 0.1) is 18.0 Å². The van der Waals surface area contributed by atoms with Crippen molar-refractivity contribution < 1.29 is 29.1 Å². The minimum Gasteiger partial charge on any atom is -0.595 e. The van der Waals surface area contributed by atoms with Crippen molar-refractivity contribution in [3.63, 3.8) is 0 Å². The lowest BCUT2D eigenvalue weighted by Crippen LogP contribution is -3.00. The Hall–Kier alpha value is -4.45. The third-order valence-corrected chi connectivity index (χ3v) is 9.70. The van der Waals surface area contributed by atoms with Crippen molar-refractivity contribution in [3.8, 4) is 11.5 Å². The number of piperidine rings is 1. The Labute approximate surface area is 265 Å². The van der Waals surface area contributed by atoms with Gasteiger partial charge in [-0.05, 0) is 63.1 Å². The van der Waals surface area contributed by atoms with Crippen molar-refractivity contribution in [2.75, 3.05) is 19.7 Å². The number of pyridine rings is 1. The second-order valence-electron chi connectivity index (χ2n) is 13.4. The number of nitrogens with one attached hydrogen (secondary N) is 1. The van der Waals surface area contributed by atoms with Crippen molar-refractivity contribution in [2.45, 2.75) is 64.5 Å². The number of hydrogen-bond acceptors (Lipinski definition) is 8. The first-order chi connectivity index (χ1) is 22.0.